The van der Waals surface area contributed by atoms with Crippen molar-refractivity contribution in [1.29, 1.82) is 0 Å². The van der Waals surface area contributed by atoms with Gasteiger partial charge in [0.05, 0.1) is 0 Å². The Morgan fingerprint density at radius 2 is 1.54 bits per heavy atom. The molecule has 0 rings (SSSR count). The quantitative estimate of drug-likeness (QED) is 0.402. The van der Waals surface area contributed by atoms with Crippen LogP contribution in [0.3, 0.4) is 0 Å². The Bertz CT molecular complexity index is 239. The average molecular weight is 234 g/mol. The van der Waals surface area contributed by atoms with Crippen LogP contribution in [0.4, 0.5) is 0 Å². The Hall–Kier alpha value is 0.260. The molecule has 0 aromatic heterocycles. The van der Waals surface area contributed by atoms with E-state index in [2.05, 4.69) is 0 Å². The van der Waals surface area contributed by atoms with E-state index in [-0.39, 0.29) is 12.8 Å². The van der Waals surface area contributed by atoms with E-state index in [0.29, 0.717) is 0 Å². The Balaban J connectivity index is 3.80. The van der Waals surface area contributed by atoms with Gasteiger partial charge < -0.3 is 24.7 Å². The average Bonchev–Trinajstić information content (AvgIpc) is 1.82. The van der Waals surface area contributed by atoms with Gasteiger partial charge in [0.25, 0.3) is 0 Å². The maximum atomic E-state index is 10.3. The Morgan fingerprint density at radius 3 is 1.85 bits per heavy atom. The Morgan fingerprint density at radius 1 is 1.08 bits per heavy atom. The summed E-state index contributed by atoms with van der Waals surface area (Å²) in [4.78, 5) is 33.5. The summed E-state index contributed by atoms with van der Waals surface area (Å²) < 4.78 is 20.6. The first kappa shape index (κ1) is 13.3. The van der Waals surface area contributed by atoms with Crippen molar-refractivity contribution in [2.45, 2.75) is 18.7 Å². The van der Waals surface area contributed by atoms with Crippen molar-refractivity contribution in [3.8, 4) is 0 Å². The number of hydrogen-bond acceptors (Lipinski definition) is 3. The molecule has 0 spiro atoms. The van der Waals surface area contributed by atoms with Crippen LogP contribution in [-0.4, -0.2) is 36.7 Å². The summed E-state index contributed by atoms with van der Waals surface area (Å²) in [5.41, 5.74) is 0. The number of aliphatic hydroxyl groups is 1. The standard InChI is InChI=1S/C4H12O7P2/c5-4(13(9,10)11)2-1-3-12(6,7)8/h4-5H,1-3H2,(H2,6,7,8)(H2,9,10,11). The molecule has 0 aliphatic heterocycles. The van der Waals surface area contributed by atoms with E-state index in [1.807, 2.05) is 0 Å². The van der Waals surface area contributed by atoms with Crippen LogP contribution in [0.2, 0.25) is 0 Å². The monoisotopic (exact) mass is 234 g/mol. The second-order valence-electron chi connectivity index (χ2n) is 2.60. The molecule has 0 fully saturated rings. The van der Waals surface area contributed by atoms with Gasteiger partial charge >= 0.3 is 15.2 Å². The lowest BCUT2D eigenvalue weighted by Crippen LogP contribution is -2.07. The molecule has 7 nitrogen and oxygen atoms in total. The zero-order chi connectivity index (χ0) is 10.7. The topological polar surface area (TPSA) is 135 Å². The van der Waals surface area contributed by atoms with Crippen LogP contribution < -0.4 is 0 Å². The highest BCUT2D eigenvalue weighted by Gasteiger charge is 2.26. The third kappa shape index (κ3) is 7.34. The fraction of sp³-hybridized carbons (Fsp3) is 1.00. The fourth-order valence-electron chi connectivity index (χ4n) is 0.648. The molecule has 0 aliphatic rings. The summed E-state index contributed by atoms with van der Waals surface area (Å²) in [5, 5.41) is 8.77. The van der Waals surface area contributed by atoms with Gasteiger partial charge in [0.15, 0.2) is 5.85 Å². The summed E-state index contributed by atoms with van der Waals surface area (Å²) in [6.45, 7) is 0. The molecular weight excluding hydrogens is 222 g/mol. The molecule has 0 saturated carbocycles. The van der Waals surface area contributed by atoms with Gasteiger partial charge in [-0.05, 0) is 12.8 Å². The molecule has 1 unspecified atom stereocenters. The summed E-state index contributed by atoms with van der Waals surface area (Å²) in [6, 6.07) is 0. The lowest BCUT2D eigenvalue weighted by atomic mass is 10.4. The minimum atomic E-state index is -4.54. The van der Waals surface area contributed by atoms with Crippen LogP contribution in [-0.2, 0) is 9.13 Å². The third-order valence-corrected chi connectivity index (χ3v) is 3.23. The van der Waals surface area contributed by atoms with Crippen LogP contribution >= 0.6 is 15.2 Å². The second kappa shape index (κ2) is 4.66. The highest BCUT2D eigenvalue weighted by molar-refractivity contribution is 7.52. The second-order valence-corrected chi connectivity index (χ2v) is 6.15. The first-order valence-corrected chi connectivity index (χ1v) is 6.89. The van der Waals surface area contributed by atoms with E-state index >= 15 is 0 Å². The summed E-state index contributed by atoms with van der Waals surface area (Å²) >= 11 is 0. The molecule has 1 atom stereocenters. The summed E-state index contributed by atoms with van der Waals surface area (Å²) in [6.07, 6.45) is -0.935. The zero-order valence-electron chi connectivity index (χ0n) is 6.65. The largest absolute Gasteiger partial charge is 0.380 e. The van der Waals surface area contributed by atoms with Crippen LogP contribution in [0, 0.1) is 0 Å². The normalized spacial score (nSPS) is 15.8. The van der Waals surface area contributed by atoms with E-state index in [4.69, 9.17) is 24.7 Å². The molecule has 0 aliphatic carbocycles. The molecule has 0 amide bonds. The van der Waals surface area contributed by atoms with Gasteiger partial charge in [0, 0.05) is 6.16 Å². The van der Waals surface area contributed by atoms with Crippen LogP contribution in [0.5, 0.6) is 0 Å². The molecule has 0 radical (unpaired) electrons. The van der Waals surface area contributed by atoms with E-state index < -0.39 is 27.2 Å². The molecule has 9 heteroatoms. The maximum absolute atomic E-state index is 10.3. The van der Waals surface area contributed by atoms with Gasteiger partial charge in [-0.2, -0.15) is 0 Å². The van der Waals surface area contributed by atoms with Crippen molar-refractivity contribution >= 4 is 15.2 Å². The van der Waals surface area contributed by atoms with E-state index in [0.717, 1.165) is 0 Å². The van der Waals surface area contributed by atoms with Crippen molar-refractivity contribution in [2.24, 2.45) is 0 Å². The minimum absolute atomic E-state index is 0.128. The maximum Gasteiger partial charge on any atom is 0.353 e. The van der Waals surface area contributed by atoms with Gasteiger partial charge in [0.2, 0.25) is 0 Å². The molecule has 0 saturated heterocycles. The zero-order valence-corrected chi connectivity index (χ0v) is 8.43. The van der Waals surface area contributed by atoms with Crippen molar-refractivity contribution in [3.05, 3.63) is 0 Å². The van der Waals surface area contributed by atoms with Crippen LogP contribution in [0.15, 0.2) is 0 Å². The first-order valence-electron chi connectivity index (χ1n) is 3.41. The number of aliphatic hydroxyl groups excluding tert-OH is 1. The number of rotatable bonds is 5. The van der Waals surface area contributed by atoms with Crippen molar-refractivity contribution in [3.63, 3.8) is 0 Å². The van der Waals surface area contributed by atoms with Gasteiger partial charge in [0.1, 0.15) is 0 Å². The Labute approximate surface area is 74.7 Å². The molecule has 0 bridgehead atoms. The molecule has 0 heterocycles. The van der Waals surface area contributed by atoms with Crippen molar-refractivity contribution < 1.29 is 33.8 Å². The molecular formula is C4H12O7P2. The summed E-state index contributed by atoms with van der Waals surface area (Å²) in [5.74, 6) is -1.83. The third-order valence-electron chi connectivity index (χ3n) is 1.30. The molecule has 80 valence electrons. The highest BCUT2D eigenvalue weighted by atomic mass is 31.2. The van der Waals surface area contributed by atoms with Gasteiger partial charge in [-0.1, -0.05) is 0 Å². The van der Waals surface area contributed by atoms with E-state index in [1.165, 1.54) is 0 Å². The van der Waals surface area contributed by atoms with Gasteiger partial charge in [-0.3, -0.25) is 9.13 Å². The molecule has 13 heavy (non-hydrogen) atoms. The first-order chi connectivity index (χ1) is 5.63. The predicted octanol–water partition coefficient (Wildman–Crippen LogP) is -0.560. The minimum Gasteiger partial charge on any atom is -0.380 e. The van der Waals surface area contributed by atoms with Gasteiger partial charge in [-0.25, -0.2) is 0 Å². The summed E-state index contributed by atoms with van der Waals surface area (Å²) in [7, 11) is -8.67. The molecule has 0 aromatic carbocycles. The van der Waals surface area contributed by atoms with Gasteiger partial charge in [-0.15, -0.1) is 0 Å². The smallest absolute Gasteiger partial charge is 0.353 e. The SMILES string of the molecule is O=P(O)(O)CCCC(O)P(=O)(O)O. The number of hydrogen-bond donors (Lipinski definition) is 5. The fourth-order valence-corrected chi connectivity index (χ4v) is 1.76. The van der Waals surface area contributed by atoms with Crippen LogP contribution in [0.1, 0.15) is 12.8 Å². The predicted molar refractivity (Wildman–Crippen MR) is 44.2 cm³/mol. The lowest BCUT2D eigenvalue weighted by molar-refractivity contribution is 0.192. The molecule has 0 aromatic rings. The van der Waals surface area contributed by atoms with E-state index in [1.54, 1.807) is 0 Å². The Kier molecular flexibility index (Phi) is 4.76. The van der Waals surface area contributed by atoms with E-state index in [9.17, 15) is 9.13 Å². The van der Waals surface area contributed by atoms with Crippen LogP contribution in [0.25, 0.3) is 0 Å². The molecule has 5 N–H and O–H groups in total. The van der Waals surface area contributed by atoms with Crippen molar-refractivity contribution in [1.82, 2.24) is 0 Å². The highest BCUT2D eigenvalue weighted by Crippen LogP contribution is 2.43. The van der Waals surface area contributed by atoms with Crippen molar-refractivity contribution in [2.75, 3.05) is 6.16 Å². The lowest BCUT2D eigenvalue weighted by Gasteiger charge is -2.11.